The Kier molecular flexibility index (Phi) is 6.19. The molecule has 2 heterocycles. The van der Waals surface area contributed by atoms with Gasteiger partial charge in [-0.1, -0.05) is 92.4 Å². The molecule has 3 N–H and O–H groups in total. The maximum absolute atomic E-state index is 13.2. The summed E-state index contributed by atoms with van der Waals surface area (Å²) in [6.07, 6.45) is 0. The molecule has 0 bridgehead atoms. The zero-order valence-corrected chi connectivity index (χ0v) is 17.2. The largest absolute Gasteiger partial charge is 0.332 e. The molecule has 3 aromatic carbocycles. The molecular weight excluding hydrogens is 396 g/mol. The van der Waals surface area contributed by atoms with E-state index >= 15 is 0 Å². The Bertz CT molecular complexity index is 1180. The number of hydrogen-bond donors (Lipinski definition) is 2. The lowest BCUT2D eigenvalue weighted by Crippen LogP contribution is -2.34. The summed E-state index contributed by atoms with van der Waals surface area (Å²) in [5, 5.41) is 7.68. The number of nitrogens with one attached hydrogen (secondary N) is 1. The van der Waals surface area contributed by atoms with E-state index in [-0.39, 0.29) is 19.3 Å². The Labute approximate surface area is 188 Å². The fourth-order valence-electron chi connectivity index (χ4n) is 4.27. The number of rotatable bonds is 5. The highest BCUT2D eigenvalue weighted by Gasteiger charge is 2.32. The number of H-pyrrole nitrogens is 1. The zero-order valence-electron chi connectivity index (χ0n) is 17.2. The van der Waals surface area contributed by atoms with Crippen molar-refractivity contribution in [2.24, 2.45) is 5.73 Å². The van der Waals surface area contributed by atoms with Gasteiger partial charge < -0.3 is 10.6 Å². The maximum atomic E-state index is 13.2. The average molecular weight is 425 g/mol. The van der Waals surface area contributed by atoms with E-state index in [0.29, 0.717) is 19.6 Å². The summed E-state index contributed by atoms with van der Waals surface area (Å²) in [5.41, 5.74) is 13.3. The highest BCUT2D eigenvalue weighted by molar-refractivity contribution is 5.85. The third-order valence-electron chi connectivity index (χ3n) is 5.96. The van der Waals surface area contributed by atoms with E-state index < -0.39 is 0 Å². The molecule has 32 heavy (non-hydrogen) atoms. The molecule has 1 aliphatic rings. The fraction of sp³-hybridized carbons (Fsp3) is 0.185. The number of nitrogens with zero attached hydrogens (tertiary/aromatic N) is 2. The fourth-order valence-corrected chi connectivity index (χ4v) is 4.27. The van der Waals surface area contributed by atoms with E-state index in [1.807, 2.05) is 53.4 Å². The Hall–Kier alpha value is -3.70. The van der Waals surface area contributed by atoms with Gasteiger partial charge in [-0.15, -0.1) is 0 Å². The highest BCUT2D eigenvalue weighted by Crippen LogP contribution is 2.33. The van der Waals surface area contributed by atoms with Gasteiger partial charge in [0, 0.05) is 17.7 Å². The smallest absolute Gasteiger partial charge is 0.232 e. The Morgan fingerprint density at radius 2 is 1.47 bits per heavy atom. The molecule has 0 saturated heterocycles. The van der Waals surface area contributed by atoms with Crippen LogP contribution in [-0.2, 0) is 17.9 Å². The van der Waals surface area contributed by atoms with Crippen LogP contribution in [0.1, 0.15) is 30.2 Å². The molecule has 1 aromatic heterocycles. The minimum Gasteiger partial charge on any atom is -0.332 e. The second kappa shape index (κ2) is 9.20. The van der Waals surface area contributed by atoms with Gasteiger partial charge >= 0.3 is 0 Å². The van der Waals surface area contributed by atoms with Crippen LogP contribution in [-0.4, -0.2) is 27.5 Å². The van der Waals surface area contributed by atoms with Gasteiger partial charge in [0.15, 0.2) is 0 Å². The molecule has 0 radical (unpaired) electrons. The quantitative estimate of drug-likeness (QED) is 0.475. The summed E-state index contributed by atoms with van der Waals surface area (Å²) in [6, 6.07) is 28.5. The van der Waals surface area contributed by atoms with E-state index in [4.69, 9.17) is 5.73 Å². The number of carbonyl (C=O) groups excluding carboxylic acids is 1. The first kappa shape index (κ1) is 21.5. The Morgan fingerprint density at radius 1 is 0.875 bits per heavy atom. The van der Waals surface area contributed by atoms with Crippen molar-refractivity contribution >= 4 is 5.91 Å². The van der Waals surface area contributed by atoms with Gasteiger partial charge in [0.25, 0.3) is 0 Å². The van der Waals surface area contributed by atoms with Crippen molar-refractivity contribution in [1.29, 1.82) is 0 Å². The lowest BCUT2D eigenvalue weighted by Gasteiger charge is -2.22. The molecule has 5 heteroatoms. The number of hydrogen-bond acceptors (Lipinski definition) is 3. The maximum Gasteiger partial charge on any atom is 0.232 e. The summed E-state index contributed by atoms with van der Waals surface area (Å²) in [6.45, 7) is 1.37. The average Bonchev–Trinajstić information content (AvgIpc) is 3.42. The van der Waals surface area contributed by atoms with Crippen LogP contribution in [0.25, 0.3) is 22.4 Å². The van der Waals surface area contributed by atoms with Crippen LogP contribution in [0.3, 0.4) is 0 Å². The van der Waals surface area contributed by atoms with E-state index in [1.165, 1.54) is 11.1 Å². The van der Waals surface area contributed by atoms with Crippen molar-refractivity contribution in [3.05, 3.63) is 102 Å². The van der Waals surface area contributed by atoms with Gasteiger partial charge in [-0.2, -0.15) is 5.10 Å². The summed E-state index contributed by atoms with van der Waals surface area (Å²) in [5.74, 6) is -0.268. The predicted octanol–water partition coefficient (Wildman–Crippen LogP) is 4.96. The summed E-state index contributed by atoms with van der Waals surface area (Å²) in [4.78, 5) is 15.1. The highest BCUT2D eigenvalue weighted by atomic mass is 16.2. The summed E-state index contributed by atoms with van der Waals surface area (Å²) in [7, 11) is 0. The second-order valence-electron chi connectivity index (χ2n) is 7.87. The van der Waals surface area contributed by atoms with Crippen LogP contribution >= 0.6 is 0 Å². The molecule has 5 nitrogen and oxygen atoms in total. The van der Waals surface area contributed by atoms with Gasteiger partial charge in [-0.05, 0) is 16.7 Å². The van der Waals surface area contributed by atoms with E-state index in [9.17, 15) is 4.79 Å². The number of fused-ring (bicyclic) bond motifs is 1. The topological polar surface area (TPSA) is 75.0 Å². The van der Waals surface area contributed by atoms with Crippen LogP contribution in [0.15, 0.2) is 84.9 Å². The van der Waals surface area contributed by atoms with Gasteiger partial charge in [0.05, 0.1) is 30.4 Å². The normalized spacial score (nSPS) is 13.3. The molecule has 0 aliphatic carbocycles. The zero-order chi connectivity index (χ0) is 21.2. The van der Waals surface area contributed by atoms with Crippen molar-refractivity contribution in [2.45, 2.75) is 26.4 Å². The van der Waals surface area contributed by atoms with Crippen molar-refractivity contribution in [1.82, 2.24) is 15.1 Å². The van der Waals surface area contributed by atoms with E-state index in [0.717, 1.165) is 28.1 Å². The third kappa shape index (κ3) is 3.95. The number of aromatic amines is 1. The van der Waals surface area contributed by atoms with Crippen molar-refractivity contribution in [3.63, 3.8) is 0 Å². The Morgan fingerprint density at radius 3 is 2.12 bits per heavy atom. The molecule has 0 saturated carbocycles. The van der Waals surface area contributed by atoms with Gasteiger partial charge in [0.2, 0.25) is 5.91 Å². The predicted molar refractivity (Wildman–Crippen MR) is 129 cm³/mol. The van der Waals surface area contributed by atoms with Crippen molar-refractivity contribution in [2.75, 3.05) is 6.54 Å². The third-order valence-corrected chi connectivity index (χ3v) is 5.96. The minimum atomic E-state index is -0.327. The molecule has 4 aromatic rings. The molecule has 1 amide bonds. The SMILES string of the molecule is C.NCC(C(=O)N1Cc2[nH]nc(-c3ccc(-c4ccccc4)cc3)c2C1)c1ccccc1. The standard InChI is InChI=1S/C26H24N4O.CH4/c27-15-22(20-9-5-2-6-10-20)26(31)30-16-23-24(17-30)28-29-25(23)21-13-11-19(12-14-21)18-7-3-1-4-8-18;/h1-14,22H,15-17,27H2,(H,28,29);1H4. The molecule has 1 unspecified atom stereocenters. The lowest BCUT2D eigenvalue weighted by atomic mass is 9.98. The molecule has 1 aliphatic heterocycles. The van der Waals surface area contributed by atoms with Crippen LogP contribution < -0.4 is 5.73 Å². The first-order chi connectivity index (χ1) is 15.2. The molecule has 0 fully saturated rings. The van der Waals surface area contributed by atoms with Crippen LogP contribution in [0.5, 0.6) is 0 Å². The first-order valence-corrected chi connectivity index (χ1v) is 10.5. The van der Waals surface area contributed by atoms with E-state index in [1.54, 1.807) is 0 Å². The van der Waals surface area contributed by atoms with Crippen molar-refractivity contribution < 1.29 is 4.79 Å². The van der Waals surface area contributed by atoms with Gasteiger partial charge in [0.1, 0.15) is 0 Å². The number of carbonyl (C=O) groups is 1. The number of benzene rings is 3. The first-order valence-electron chi connectivity index (χ1n) is 10.5. The van der Waals surface area contributed by atoms with Crippen LogP contribution in [0.4, 0.5) is 0 Å². The summed E-state index contributed by atoms with van der Waals surface area (Å²) < 4.78 is 0. The Balaban J connectivity index is 0.00000245. The van der Waals surface area contributed by atoms with Crippen molar-refractivity contribution in [3.8, 4) is 22.4 Å². The molecule has 5 rings (SSSR count). The molecular formula is C27H28N4O. The molecule has 162 valence electrons. The van der Waals surface area contributed by atoms with Crippen LogP contribution in [0, 0.1) is 0 Å². The molecule has 1 atom stereocenters. The molecule has 0 spiro atoms. The number of aromatic nitrogens is 2. The summed E-state index contributed by atoms with van der Waals surface area (Å²) >= 11 is 0. The van der Waals surface area contributed by atoms with Gasteiger partial charge in [-0.3, -0.25) is 9.89 Å². The monoisotopic (exact) mass is 424 g/mol. The minimum absolute atomic E-state index is 0. The van der Waals surface area contributed by atoms with Crippen LogP contribution in [0.2, 0.25) is 0 Å². The second-order valence-corrected chi connectivity index (χ2v) is 7.87. The van der Waals surface area contributed by atoms with E-state index in [2.05, 4.69) is 46.6 Å². The number of nitrogens with two attached hydrogens (primary N) is 1. The number of amides is 1. The van der Waals surface area contributed by atoms with Gasteiger partial charge in [-0.25, -0.2) is 0 Å². The lowest BCUT2D eigenvalue weighted by molar-refractivity contribution is -0.133.